The topological polar surface area (TPSA) is 26.3 Å². The van der Waals surface area contributed by atoms with Crippen molar-refractivity contribution in [2.75, 3.05) is 0 Å². The number of rotatable bonds is 4. The molecule has 0 aliphatic heterocycles. The van der Waals surface area contributed by atoms with Gasteiger partial charge in [0.15, 0.2) is 0 Å². The maximum atomic E-state index is 13.5. The molecule has 0 N–H and O–H groups in total. The fraction of sp³-hybridized carbons (Fsp3) is 0.462. The molecule has 0 saturated carbocycles. The molecule has 1 aromatic carbocycles. The van der Waals surface area contributed by atoms with Crippen molar-refractivity contribution < 1.29 is 13.9 Å². The van der Waals surface area contributed by atoms with E-state index in [0.717, 1.165) is 6.42 Å². The Hall–Kier alpha value is -0.900. The van der Waals surface area contributed by atoms with E-state index >= 15 is 0 Å². The van der Waals surface area contributed by atoms with Gasteiger partial charge >= 0.3 is 5.97 Å². The fourth-order valence-electron chi connectivity index (χ4n) is 1.61. The predicted octanol–water partition coefficient (Wildman–Crippen LogP) is 4.18. The van der Waals surface area contributed by atoms with Crippen molar-refractivity contribution in [1.82, 2.24) is 0 Å². The van der Waals surface area contributed by atoms with Crippen molar-refractivity contribution >= 4 is 21.9 Å². The third-order valence-corrected chi connectivity index (χ3v) is 2.76. The Labute approximate surface area is 109 Å². The van der Waals surface area contributed by atoms with E-state index in [2.05, 4.69) is 15.9 Å². The molecule has 0 aromatic heterocycles. The summed E-state index contributed by atoms with van der Waals surface area (Å²) < 4.78 is 19.3. The van der Waals surface area contributed by atoms with Crippen molar-refractivity contribution in [2.45, 2.75) is 33.3 Å². The number of ether oxygens (including phenoxy) is 1. The first-order chi connectivity index (χ1) is 7.90. The van der Waals surface area contributed by atoms with Crippen LogP contribution in [-0.4, -0.2) is 12.1 Å². The average Bonchev–Trinajstić information content (AvgIpc) is 2.15. The zero-order valence-corrected chi connectivity index (χ0v) is 11.8. The van der Waals surface area contributed by atoms with Crippen LogP contribution in [-0.2, 0) is 4.74 Å². The van der Waals surface area contributed by atoms with Crippen LogP contribution in [0.4, 0.5) is 4.39 Å². The Bertz CT molecular complexity index is 404. The summed E-state index contributed by atoms with van der Waals surface area (Å²) in [6.07, 6.45) is 0.565. The first-order valence-electron chi connectivity index (χ1n) is 5.56. The summed E-state index contributed by atoms with van der Waals surface area (Å²) in [7, 11) is 0. The average molecular weight is 303 g/mol. The summed E-state index contributed by atoms with van der Waals surface area (Å²) >= 11 is 3.14. The maximum Gasteiger partial charge on any atom is 0.341 e. The Balaban J connectivity index is 2.70. The lowest BCUT2D eigenvalue weighted by Crippen LogP contribution is -2.17. The summed E-state index contributed by atoms with van der Waals surface area (Å²) in [5.74, 6) is -0.739. The molecule has 0 fully saturated rings. The quantitative estimate of drug-likeness (QED) is 0.780. The molecule has 17 heavy (non-hydrogen) atoms. The van der Waals surface area contributed by atoms with E-state index in [1.54, 1.807) is 6.07 Å². The Morgan fingerprint density at radius 2 is 2.06 bits per heavy atom. The van der Waals surface area contributed by atoms with Crippen LogP contribution in [0.25, 0.3) is 0 Å². The number of carbonyl (C=O) groups is 1. The van der Waals surface area contributed by atoms with Gasteiger partial charge in [0.25, 0.3) is 0 Å². The molecule has 0 radical (unpaired) electrons. The maximum absolute atomic E-state index is 13.5. The van der Waals surface area contributed by atoms with Gasteiger partial charge in [-0.25, -0.2) is 9.18 Å². The molecule has 0 amide bonds. The highest BCUT2D eigenvalue weighted by molar-refractivity contribution is 9.10. The van der Waals surface area contributed by atoms with E-state index in [4.69, 9.17) is 4.74 Å². The van der Waals surface area contributed by atoms with Crippen LogP contribution >= 0.6 is 15.9 Å². The third-order valence-electron chi connectivity index (χ3n) is 2.26. The molecule has 0 heterocycles. The van der Waals surface area contributed by atoms with Crippen molar-refractivity contribution in [2.24, 2.45) is 5.92 Å². The van der Waals surface area contributed by atoms with E-state index in [0.29, 0.717) is 10.4 Å². The Morgan fingerprint density at radius 3 is 2.59 bits per heavy atom. The third kappa shape index (κ3) is 4.46. The van der Waals surface area contributed by atoms with Crippen LogP contribution < -0.4 is 0 Å². The smallest absolute Gasteiger partial charge is 0.341 e. The van der Waals surface area contributed by atoms with Gasteiger partial charge in [-0.05, 0) is 37.5 Å². The monoisotopic (exact) mass is 302 g/mol. The first kappa shape index (κ1) is 14.2. The van der Waals surface area contributed by atoms with Gasteiger partial charge < -0.3 is 4.74 Å². The van der Waals surface area contributed by atoms with Gasteiger partial charge in [0.05, 0.1) is 11.7 Å². The van der Waals surface area contributed by atoms with E-state index in [9.17, 15) is 9.18 Å². The minimum Gasteiger partial charge on any atom is -0.459 e. The van der Waals surface area contributed by atoms with Crippen molar-refractivity contribution in [1.29, 1.82) is 0 Å². The van der Waals surface area contributed by atoms with E-state index < -0.39 is 11.8 Å². The second kappa shape index (κ2) is 6.15. The van der Waals surface area contributed by atoms with E-state index in [-0.39, 0.29) is 11.7 Å². The summed E-state index contributed by atoms with van der Waals surface area (Å²) in [5.41, 5.74) is -0.0243. The lowest BCUT2D eigenvalue weighted by Gasteiger charge is -2.15. The number of hydrogen-bond acceptors (Lipinski definition) is 2. The highest BCUT2D eigenvalue weighted by Crippen LogP contribution is 2.17. The van der Waals surface area contributed by atoms with Gasteiger partial charge in [-0.1, -0.05) is 29.8 Å². The molecule has 1 aromatic rings. The molecule has 0 bridgehead atoms. The van der Waals surface area contributed by atoms with Crippen LogP contribution in [0.3, 0.4) is 0 Å². The zero-order chi connectivity index (χ0) is 13.0. The van der Waals surface area contributed by atoms with Gasteiger partial charge in [-0.3, -0.25) is 0 Å². The number of carbonyl (C=O) groups excluding carboxylic acids is 1. The van der Waals surface area contributed by atoms with Crippen LogP contribution in [0.1, 0.15) is 37.6 Å². The molecule has 1 atom stereocenters. The van der Waals surface area contributed by atoms with Crippen LogP contribution in [0, 0.1) is 11.7 Å². The second-order valence-electron chi connectivity index (χ2n) is 4.47. The fourth-order valence-corrected chi connectivity index (χ4v) is 1.95. The number of halogens is 2. The van der Waals surface area contributed by atoms with Crippen molar-refractivity contribution in [3.8, 4) is 0 Å². The molecule has 94 valence electrons. The summed E-state index contributed by atoms with van der Waals surface area (Å²) in [5, 5.41) is 0. The lowest BCUT2D eigenvalue weighted by molar-refractivity contribution is 0.0294. The zero-order valence-electron chi connectivity index (χ0n) is 10.2. The Kier molecular flexibility index (Phi) is 5.12. The summed E-state index contributed by atoms with van der Waals surface area (Å²) in [4.78, 5) is 11.7. The van der Waals surface area contributed by atoms with Crippen molar-refractivity contribution in [3.63, 3.8) is 0 Å². The van der Waals surface area contributed by atoms with Crippen molar-refractivity contribution in [3.05, 3.63) is 34.1 Å². The first-order valence-corrected chi connectivity index (χ1v) is 6.35. The molecule has 1 rings (SSSR count). The molecule has 1 unspecified atom stereocenters. The molecule has 0 saturated heterocycles. The largest absolute Gasteiger partial charge is 0.459 e. The second-order valence-corrected chi connectivity index (χ2v) is 5.39. The summed E-state index contributed by atoms with van der Waals surface area (Å²) in [6, 6.07) is 4.29. The standard InChI is InChI=1S/C13H16BrFO2/c1-8(2)6-9(3)17-13(16)11-5-4-10(14)7-12(11)15/h4-5,7-9H,6H2,1-3H3. The Morgan fingerprint density at radius 1 is 1.41 bits per heavy atom. The van der Waals surface area contributed by atoms with Gasteiger partial charge in [-0.15, -0.1) is 0 Å². The molecule has 0 aliphatic rings. The molecule has 4 heteroatoms. The van der Waals surface area contributed by atoms with Crippen LogP contribution in [0.2, 0.25) is 0 Å². The molecule has 0 aliphatic carbocycles. The van der Waals surface area contributed by atoms with Crippen LogP contribution in [0.5, 0.6) is 0 Å². The van der Waals surface area contributed by atoms with Gasteiger partial charge in [0.2, 0.25) is 0 Å². The van der Waals surface area contributed by atoms with Gasteiger partial charge in [0.1, 0.15) is 5.82 Å². The molecular formula is C13H16BrFO2. The highest BCUT2D eigenvalue weighted by atomic mass is 79.9. The number of hydrogen-bond donors (Lipinski definition) is 0. The highest BCUT2D eigenvalue weighted by Gasteiger charge is 2.16. The normalized spacial score (nSPS) is 12.6. The minimum atomic E-state index is -0.608. The molecule has 0 spiro atoms. The van der Waals surface area contributed by atoms with E-state index in [1.807, 2.05) is 20.8 Å². The summed E-state index contributed by atoms with van der Waals surface area (Å²) in [6.45, 7) is 5.91. The molecule has 2 nitrogen and oxygen atoms in total. The van der Waals surface area contributed by atoms with Gasteiger partial charge in [-0.2, -0.15) is 0 Å². The van der Waals surface area contributed by atoms with Crippen LogP contribution in [0.15, 0.2) is 22.7 Å². The predicted molar refractivity (Wildman–Crippen MR) is 68.4 cm³/mol. The number of benzene rings is 1. The minimum absolute atomic E-state index is 0.0243. The SMILES string of the molecule is CC(C)CC(C)OC(=O)c1ccc(Br)cc1F. The molecular weight excluding hydrogens is 287 g/mol. The number of esters is 1. The lowest BCUT2D eigenvalue weighted by atomic mass is 10.1. The van der Waals surface area contributed by atoms with E-state index in [1.165, 1.54) is 12.1 Å². The van der Waals surface area contributed by atoms with Gasteiger partial charge in [0, 0.05) is 4.47 Å².